The number of aliphatic hydroxyl groups is 1. The highest BCUT2D eigenvalue weighted by molar-refractivity contribution is 5.70. The maximum absolute atomic E-state index is 11.9. The number of rotatable bonds is 2. The first-order valence-electron chi connectivity index (χ1n) is 6.44. The Balaban J connectivity index is 2.59. The molecule has 0 aliphatic carbocycles. The second-order valence-electron chi connectivity index (χ2n) is 5.92. The van der Waals surface area contributed by atoms with Gasteiger partial charge in [-0.3, -0.25) is 4.79 Å². The second kappa shape index (κ2) is 6.23. The highest BCUT2D eigenvalue weighted by Gasteiger charge is 2.32. The van der Waals surface area contributed by atoms with E-state index in [0.29, 0.717) is 13.0 Å². The van der Waals surface area contributed by atoms with Crippen LogP contribution in [-0.2, 0) is 14.3 Å². The number of ether oxygens (including phenoxy) is 2. The van der Waals surface area contributed by atoms with Crippen LogP contribution in [-0.4, -0.2) is 54.0 Å². The molecule has 0 unspecified atom stereocenters. The molecule has 1 saturated heterocycles. The Bertz CT molecular complexity index is 336. The Morgan fingerprint density at radius 1 is 1.32 bits per heavy atom. The van der Waals surface area contributed by atoms with Crippen LogP contribution in [0.2, 0.25) is 0 Å². The van der Waals surface area contributed by atoms with Crippen LogP contribution in [0.5, 0.6) is 0 Å². The molecule has 0 aromatic carbocycles. The van der Waals surface area contributed by atoms with Gasteiger partial charge in [-0.2, -0.15) is 0 Å². The molecule has 1 aliphatic rings. The Morgan fingerprint density at radius 2 is 1.95 bits per heavy atom. The van der Waals surface area contributed by atoms with Crippen LogP contribution in [0.25, 0.3) is 0 Å². The van der Waals surface area contributed by atoms with Gasteiger partial charge < -0.3 is 19.5 Å². The predicted molar refractivity (Wildman–Crippen MR) is 68.6 cm³/mol. The van der Waals surface area contributed by atoms with Gasteiger partial charge in [0.25, 0.3) is 0 Å². The number of esters is 1. The summed E-state index contributed by atoms with van der Waals surface area (Å²) in [6.45, 7) is 6.01. The number of carbonyl (C=O) groups is 2. The molecule has 0 aromatic rings. The van der Waals surface area contributed by atoms with Crippen LogP contribution in [0.1, 0.15) is 33.6 Å². The minimum atomic E-state index is -0.629. The summed E-state index contributed by atoms with van der Waals surface area (Å²) < 4.78 is 9.87. The number of hydrogen-bond donors (Lipinski definition) is 1. The van der Waals surface area contributed by atoms with Crippen molar-refractivity contribution in [3.05, 3.63) is 0 Å². The van der Waals surface area contributed by atoms with Gasteiger partial charge in [-0.15, -0.1) is 0 Å². The first-order chi connectivity index (χ1) is 8.71. The first-order valence-corrected chi connectivity index (χ1v) is 6.44. The lowest BCUT2D eigenvalue weighted by Gasteiger charge is -2.36. The topological polar surface area (TPSA) is 76.1 Å². The fourth-order valence-electron chi connectivity index (χ4n) is 2.12. The van der Waals surface area contributed by atoms with Crippen molar-refractivity contribution in [2.45, 2.75) is 45.3 Å². The summed E-state index contributed by atoms with van der Waals surface area (Å²) in [6.07, 6.45) is -0.390. The van der Waals surface area contributed by atoms with E-state index in [1.807, 2.05) is 0 Å². The lowest BCUT2D eigenvalue weighted by atomic mass is 9.93. The molecule has 19 heavy (non-hydrogen) atoms. The minimum absolute atomic E-state index is 0.0938. The highest BCUT2D eigenvalue weighted by atomic mass is 16.6. The summed E-state index contributed by atoms with van der Waals surface area (Å²) >= 11 is 0. The number of nitrogens with zero attached hydrogens (tertiary/aromatic N) is 1. The van der Waals surface area contributed by atoms with Crippen LogP contribution >= 0.6 is 0 Å². The summed E-state index contributed by atoms with van der Waals surface area (Å²) in [5, 5.41) is 9.78. The van der Waals surface area contributed by atoms with E-state index >= 15 is 0 Å². The van der Waals surface area contributed by atoms with Crippen molar-refractivity contribution >= 4 is 12.1 Å². The number of methoxy groups -OCH3 is 1. The quantitative estimate of drug-likeness (QED) is 0.764. The van der Waals surface area contributed by atoms with E-state index in [-0.39, 0.29) is 24.9 Å². The minimum Gasteiger partial charge on any atom is -0.469 e. The van der Waals surface area contributed by atoms with E-state index in [0.717, 1.165) is 0 Å². The number of amides is 1. The van der Waals surface area contributed by atoms with Gasteiger partial charge in [0.2, 0.25) is 0 Å². The number of piperidine rings is 1. The van der Waals surface area contributed by atoms with Gasteiger partial charge in [-0.1, -0.05) is 0 Å². The zero-order chi connectivity index (χ0) is 14.6. The van der Waals surface area contributed by atoms with Gasteiger partial charge in [-0.05, 0) is 33.1 Å². The zero-order valence-corrected chi connectivity index (χ0v) is 12.0. The predicted octanol–water partition coefficient (Wildman–Crippen LogP) is 1.17. The van der Waals surface area contributed by atoms with Crippen molar-refractivity contribution in [2.24, 2.45) is 5.92 Å². The largest absolute Gasteiger partial charge is 0.469 e. The number of aliphatic hydroxyl groups excluding tert-OH is 1. The monoisotopic (exact) mass is 273 g/mol. The van der Waals surface area contributed by atoms with Crippen LogP contribution in [0.3, 0.4) is 0 Å². The van der Waals surface area contributed by atoms with E-state index < -0.39 is 17.8 Å². The SMILES string of the molecule is COC(=O)C[C@@H]1C[C@H](O)CN(C(=O)OC(C)(C)C)C1. The summed E-state index contributed by atoms with van der Waals surface area (Å²) in [6, 6.07) is 0. The summed E-state index contributed by atoms with van der Waals surface area (Å²) in [5.74, 6) is -0.424. The van der Waals surface area contributed by atoms with Gasteiger partial charge in [0.05, 0.1) is 19.6 Å². The maximum Gasteiger partial charge on any atom is 0.410 e. The van der Waals surface area contributed by atoms with Crippen molar-refractivity contribution in [2.75, 3.05) is 20.2 Å². The van der Waals surface area contributed by atoms with Crippen LogP contribution in [0, 0.1) is 5.92 Å². The van der Waals surface area contributed by atoms with E-state index in [1.165, 1.54) is 12.0 Å². The van der Waals surface area contributed by atoms with Gasteiger partial charge >= 0.3 is 12.1 Å². The van der Waals surface area contributed by atoms with Crippen LogP contribution < -0.4 is 0 Å². The molecular formula is C13H23NO5. The third-order valence-electron chi connectivity index (χ3n) is 2.85. The molecule has 110 valence electrons. The fraction of sp³-hybridized carbons (Fsp3) is 0.846. The van der Waals surface area contributed by atoms with Crippen molar-refractivity contribution in [3.8, 4) is 0 Å². The maximum atomic E-state index is 11.9. The molecule has 2 atom stereocenters. The molecule has 6 nitrogen and oxygen atoms in total. The third-order valence-corrected chi connectivity index (χ3v) is 2.85. The number of carbonyl (C=O) groups excluding carboxylic acids is 2. The molecule has 1 aliphatic heterocycles. The van der Waals surface area contributed by atoms with Gasteiger partial charge in [-0.25, -0.2) is 4.79 Å². The Hall–Kier alpha value is -1.30. The summed E-state index contributed by atoms with van der Waals surface area (Å²) in [5.41, 5.74) is -0.572. The Labute approximate surface area is 113 Å². The van der Waals surface area contributed by atoms with E-state index in [2.05, 4.69) is 4.74 Å². The Morgan fingerprint density at radius 3 is 2.47 bits per heavy atom. The first kappa shape index (κ1) is 15.8. The van der Waals surface area contributed by atoms with Crippen LogP contribution in [0.4, 0.5) is 4.79 Å². The molecule has 1 rings (SSSR count). The molecule has 0 spiro atoms. The average Bonchev–Trinajstić information content (AvgIpc) is 2.25. The molecule has 1 amide bonds. The standard InChI is InChI=1S/C13H23NO5/c1-13(2,3)19-12(17)14-7-9(5-10(15)8-14)6-11(16)18-4/h9-10,15H,5-8H2,1-4H3/t9-,10-/m0/s1. The molecule has 0 radical (unpaired) electrons. The van der Waals surface area contributed by atoms with Gasteiger partial charge in [0.15, 0.2) is 0 Å². The molecular weight excluding hydrogens is 250 g/mol. The van der Waals surface area contributed by atoms with E-state index in [9.17, 15) is 14.7 Å². The fourth-order valence-corrected chi connectivity index (χ4v) is 2.12. The Kier molecular flexibility index (Phi) is 5.17. The van der Waals surface area contributed by atoms with Crippen molar-refractivity contribution in [1.82, 2.24) is 4.90 Å². The van der Waals surface area contributed by atoms with Crippen molar-refractivity contribution in [1.29, 1.82) is 0 Å². The molecule has 0 bridgehead atoms. The lowest BCUT2D eigenvalue weighted by Crippen LogP contribution is -2.48. The molecule has 0 saturated carbocycles. The molecule has 1 heterocycles. The highest BCUT2D eigenvalue weighted by Crippen LogP contribution is 2.22. The lowest BCUT2D eigenvalue weighted by molar-refractivity contribution is -0.142. The van der Waals surface area contributed by atoms with Crippen molar-refractivity contribution in [3.63, 3.8) is 0 Å². The van der Waals surface area contributed by atoms with Crippen LogP contribution in [0.15, 0.2) is 0 Å². The normalized spacial score (nSPS) is 23.9. The van der Waals surface area contributed by atoms with E-state index in [1.54, 1.807) is 20.8 Å². The third kappa shape index (κ3) is 5.46. The van der Waals surface area contributed by atoms with Gasteiger partial charge in [0, 0.05) is 13.1 Å². The zero-order valence-electron chi connectivity index (χ0n) is 12.0. The van der Waals surface area contributed by atoms with Crippen molar-refractivity contribution < 1.29 is 24.2 Å². The summed E-state index contributed by atoms with van der Waals surface area (Å²) in [7, 11) is 1.33. The molecule has 0 aromatic heterocycles. The average molecular weight is 273 g/mol. The number of likely N-dealkylation sites (tertiary alicyclic amines) is 1. The number of hydrogen-bond acceptors (Lipinski definition) is 5. The number of β-amino-alcohol motifs (C(OH)–C–C–N with tert-alkyl or cyclic N) is 1. The second-order valence-corrected chi connectivity index (χ2v) is 5.92. The molecule has 6 heteroatoms. The smallest absolute Gasteiger partial charge is 0.410 e. The van der Waals surface area contributed by atoms with Gasteiger partial charge in [0.1, 0.15) is 5.60 Å². The molecule has 1 fully saturated rings. The molecule has 1 N–H and O–H groups in total. The van der Waals surface area contributed by atoms with E-state index in [4.69, 9.17) is 4.74 Å². The summed E-state index contributed by atoms with van der Waals surface area (Å²) in [4.78, 5) is 24.6.